The number of aryl methyl sites for hydroxylation is 2. The molecule has 2 saturated carbocycles. The summed E-state index contributed by atoms with van der Waals surface area (Å²) in [6.45, 7) is 4.38. The summed E-state index contributed by atoms with van der Waals surface area (Å²) in [5, 5.41) is 10.9. The molecule has 19 heavy (non-hydrogen) atoms. The van der Waals surface area contributed by atoms with Gasteiger partial charge in [0.1, 0.15) is 0 Å². The highest BCUT2D eigenvalue weighted by Crippen LogP contribution is 2.52. The standard InChI is InChI=1S/C18H26O/c1-3-12-5-7-14(4-2)16(10-12)18(19)17-11-13-6-8-15(17)9-13/h5,7,10,13,15,17-19H,3-4,6,8-9,11H2,1-2H3. The topological polar surface area (TPSA) is 20.2 Å². The molecule has 1 aromatic rings. The van der Waals surface area contributed by atoms with Crippen LogP contribution in [0.2, 0.25) is 0 Å². The van der Waals surface area contributed by atoms with Crippen LogP contribution in [0.5, 0.6) is 0 Å². The number of benzene rings is 1. The van der Waals surface area contributed by atoms with E-state index in [0.717, 1.165) is 24.7 Å². The first kappa shape index (κ1) is 13.2. The van der Waals surface area contributed by atoms with E-state index in [1.807, 2.05) is 0 Å². The van der Waals surface area contributed by atoms with Gasteiger partial charge in [0.15, 0.2) is 0 Å². The second-order valence-corrected chi connectivity index (χ2v) is 6.52. The van der Waals surface area contributed by atoms with Gasteiger partial charge >= 0.3 is 0 Å². The SMILES string of the molecule is CCc1ccc(CC)c(C(O)C2CC3CCC2C3)c1. The van der Waals surface area contributed by atoms with Crippen LogP contribution in [0.15, 0.2) is 18.2 Å². The fourth-order valence-electron chi connectivity index (χ4n) is 4.37. The number of aliphatic hydroxyl groups excluding tert-OH is 1. The van der Waals surface area contributed by atoms with Gasteiger partial charge < -0.3 is 5.11 Å². The summed E-state index contributed by atoms with van der Waals surface area (Å²) in [4.78, 5) is 0. The van der Waals surface area contributed by atoms with E-state index in [1.54, 1.807) is 0 Å². The molecule has 104 valence electrons. The maximum Gasteiger partial charge on any atom is 0.0823 e. The van der Waals surface area contributed by atoms with E-state index in [0.29, 0.717) is 5.92 Å². The molecule has 0 radical (unpaired) electrons. The van der Waals surface area contributed by atoms with Crippen molar-refractivity contribution in [3.8, 4) is 0 Å². The van der Waals surface area contributed by atoms with E-state index < -0.39 is 0 Å². The van der Waals surface area contributed by atoms with Crippen LogP contribution in [0.4, 0.5) is 0 Å². The Hall–Kier alpha value is -0.820. The Morgan fingerprint density at radius 3 is 2.58 bits per heavy atom. The van der Waals surface area contributed by atoms with Crippen LogP contribution in [-0.2, 0) is 12.8 Å². The number of hydrogen-bond donors (Lipinski definition) is 1. The second-order valence-electron chi connectivity index (χ2n) is 6.52. The van der Waals surface area contributed by atoms with Crippen molar-refractivity contribution in [3.05, 3.63) is 34.9 Å². The van der Waals surface area contributed by atoms with Gasteiger partial charge in [0.25, 0.3) is 0 Å². The molecule has 2 aliphatic carbocycles. The van der Waals surface area contributed by atoms with Gasteiger partial charge in [-0.05, 0) is 66.5 Å². The van der Waals surface area contributed by atoms with Crippen LogP contribution in [0.25, 0.3) is 0 Å². The fourth-order valence-corrected chi connectivity index (χ4v) is 4.37. The van der Waals surface area contributed by atoms with E-state index in [2.05, 4.69) is 32.0 Å². The molecule has 0 amide bonds. The zero-order valence-electron chi connectivity index (χ0n) is 12.2. The highest BCUT2D eigenvalue weighted by atomic mass is 16.3. The summed E-state index contributed by atoms with van der Waals surface area (Å²) in [7, 11) is 0. The van der Waals surface area contributed by atoms with Gasteiger partial charge in [-0.1, -0.05) is 38.5 Å². The quantitative estimate of drug-likeness (QED) is 0.854. The van der Waals surface area contributed by atoms with Crippen molar-refractivity contribution in [1.29, 1.82) is 0 Å². The molecule has 1 heteroatoms. The number of rotatable bonds is 4. The van der Waals surface area contributed by atoms with Crippen molar-refractivity contribution in [2.45, 2.75) is 58.5 Å². The monoisotopic (exact) mass is 258 g/mol. The smallest absolute Gasteiger partial charge is 0.0823 e. The summed E-state index contributed by atoms with van der Waals surface area (Å²) >= 11 is 0. The maximum atomic E-state index is 10.9. The van der Waals surface area contributed by atoms with Crippen LogP contribution < -0.4 is 0 Å². The maximum absolute atomic E-state index is 10.9. The Kier molecular flexibility index (Phi) is 3.66. The van der Waals surface area contributed by atoms with Gasteiger partial charge in [-0.2, -0.15) is 0 Å². The Morgan fingerprint density at radius 2 is 2.00 bits per heavy atom. The first-order valence-electron chi connectivity index (χ1n) is 8.02. The van der Waals surface area contributed by atoms with E-state index in [4.69, 9.17) is 0 Å². The summed E-state index contributed by atoms with van der Waals surface area (Å²) < 4.78 is 0. The number of hydrogen-bond acceptors (Lipinski definition) is 1. The Bertz CT molecular complexity index is 451. The van der Waals surface area contributed by atoms with E-state index >= 15 is 0 Å². The third-order valence-electron chi connectivity index (χ3n) is 5.52. The van der Waals surface area contributed by atoms with Crippen molar-refractivity contribution in [2.75, 3.05) is 0 Å². The van der Waals surface area contributed by atoms with Crippen molar-refractivity contribution >= 4 is 0 Å². The summed E-state index contributed by atoms with van der Waals surface area (Å²) in [5.41, 5.74) is 3.92. The predicted octanol–water partition coefficient (Wildman–Crippen LogP) is 4.28. The zero-order valence-corrected chi connectivity index (χ0v) is 12.2. The molecule has 1 aromatic carbocycles. The van der Waals surface area contributed by atoms with Crippen molar-refractivity contribution < 1.29 is 5.11 Å². The van der Waals surface area contributed by atoms with Gasteiger partial charge in [-0.25, -0.2) is 0 Å². The first-order chi connectivity index (χ1) is 9.22. The third-order valence-corrected chi connectivity index (χ3v) is 5.52. The molecular weight excluding hydrogens is 232 g/mol. The van der Waals surface area contributed by atoms with Gasteiger partial charge in [0.2, 0.25) is 0 Å². The van der Waals surface area contributed by atoms with Gasteiger partial charge in [-0.15, -0.1) is 0 Å². The van der Waals surface area contributed by atoms with Crippen LogP contribution in [0, 0.1) is 17.8 Å². The Morgan fingerprint density at radius 1 is 1.16 bits per heavy atom. The highest BCUT2D eigenvalue weighted by molar-refractivity contribution is 5.34. The van der Waals surface area contributed by atoms with Gasteiger partial charge in [0.05, 0.1) is 6.10 Å². The van der Waals surface area contributed by atoms with Crippen LogP contribution in [0.1, 0.15) is 62.3 Å². The number of fused-ring (bicyclic) bond motifs is 2. The molecule has 0 aromatic heterocycles. The molecule has 2 aliphatic rings. The lowest BCUT2D eigenvalue weighted by atomic mass is 9.80. The van der Waals surface area contributed by atoms with E-state index in [1.165, 1.54) is 42.4 Å². The van der Waals surface area contributed by atoms with Crippen LogP contribution >= 0.6 is 0 Å². The Labute approximate surface area is 117 Å². The molecule has 2 fully saturated rings. The largest absolute Gasteiger partial charge is 0.388 e. The van der Waals surface area contributed by atoms with Gasteiger partial charge in [0, 0.05) is 0 Å². The molecule has 2 bridgehead atoms. The minimum atomic E-state index is -0.225. The lowest BCUT2D eigenvalue weighted by molar-refractivity contribution is 0.0737. The lowest BCUT2D eigenvalue weighted by Crippen LogP contribution is -2.20. The molecule has 0 saturated heterocycles. The molecule has 0 spiro atoms. The molecule has 0 heterocycles. The first-order valence-corrected chi connectivity index (χ1v) is 8.02. The average molecular weight is 258 g/mol. The molecule has 4 unspecified atom stereocenters. The lowest BCUT2D eigenvalue weighted by Gasteiger charge is -2.28. The summed E-state index contributed by atoms with van der Waals surface area (Å²) in [6.07, 6.45) is 7.24. The summed E-state index contributed by atoms with van der Waals surface area (Å²) in [5.74, 6) is 2.22. The summed E-state index contributed by atoms with van der Waals surface area (Å²) in [6, 6.07) is 6.70. The second kappa shape index (κ2) is 5.28. The Balaban J connectivity index is 1.87. The van der Waals surface area contributed by atoms with Crippen LogP contribution in [-0.4, -0.2) is 5.11 Å². The van der Waals surface area contributed by atoms with E-state index in [9.17, 15) is 5.11 Å². The highest BCUT2D eigenvalue weighted by Gasteiger charge is 2.43. The molecule has 1 N–H and O–H groups in total. The average Bonchev–Trinajstić information content (AvgIpc) is 3.08. The third kappa shape index (κ3) is 2.33. The minimum absolute atomic E-state index is 0.225. The number of aliphatic hydroxyl groups is 1. The molecule has 4 atom stereocenters. The molecule has 3 rings (SSSR count). The van der Waals surface area contributed by atoms with Crippen LogP contribution in [0.3, 0.4) is 0 Å². The zero-order chi connectivity index (χ0) is 13.4. The fraction of sp³-hybridized carbons (Fsp3) is 0.667. The molecular formula is C18H26O. The molecule has 0 aliphatic heterocycles. The predicted molar refractivity (Wildman–Crippen MR) is 79.1 cm³/mol. The molecule has 1 nitrogen and oxygen atoms in total. The van der Waals surface area contributed by atoms with Gasteiger partial charge in [-0.3, -0.25) is 0 Å². The van der Waals surface area contributed by atoms with Crippen molar-refractivity contribution in [2.24, 2.45) is 17.8 Å². The van der Waals surface area contributed by atoms with E-state index in [-0.39, 0.29) is 6.10 Å². The van der Waals surface area contributed by atoms with Crippen molar-refractivity contribution in [3.63, 3.8) is 0 Å². The normalized spacial score (nSPS) is 30.8. The minimum Gasteiger partial charge on any atom is -0.388 e. The van der Waals surface area contributed by atoms with Crippen molar-refractivity contribution in [1.82, 2.24) is 0 Å².